The van der Waals surface area contributed by atoms with Crippen LogP contribution in [-0.2, 0) is 54.2 Å². The van der Waals surface area contributed by atoms with Crippen molar-refractivity contribution in [2.75, 3.05) is 19.3 Å². The molecule has 0 spiro atoms. The Bertz CT molecular complexity index is 3350. The lowest BCUT2D eigenvalue weighted by Crippen LogP contribution is -2.51. The Morgan fingerprint density at radius 1 is 0.539 bits per heavy atom. The molecule has 2 aromatic heterocycles. The van der Waals surface area contributed by atoms with Gasteiger partial charge in [0.15, 0.2) is 21.5 Å². The Labute approximate surface area is 423 Å². The summed E-state index contributed by atoms with van der Waals surface area (Å²) in [6, 6.07) is 14.4. The first-order valence-corrected chi connectivity index (χ1v) is 24.8. The zero-order valence-electron chi connectivity index (χ0n) is 39.1. The van der Waals surface area contributed by atoms with Crippen LogP contribution in [0, 0.1) is 0 Å². The van der Waals surface area contributed by atoms with Crippen LogP contribution in [-0.4, -0.2) is 78.4 Å². The van der Waals surface area contributed by atoms with Gasteiger partial charge in [0.05, 0.1) is 43.4 Å². The normalized spacial score (nSPS) is 14.2. The first-order chi connectivity index (χ1) is 35.1. The maximum absolute atomic E-state index is 13.2. The van der Waals surface area contributed by atoms with Crippen molar-refractivity contribution in [2.45, 2.75) is 54.5 Å². The standard InChI is InChI=1S/C24H17F7N4O3S.C22H15F6N3O3S.C2H6/c25-17-11-35(12-17)39(37,38)19-3-1-13(2-4-19)20(21(32)36)10-18-5-6-33-22(34-18)14-7-15(23(26,27)28)9-16(8-14)24(29,30)31;1-35(33,34)17-4-2-12(3-5-17)18(19(29)32)11-16-6-7-30-20(31-16)13-8-14(21(23,24)25)10-15(9-13)22(26,27)28;1-2/h1-10,17H,11-12H2,(H2,32,36);2-11H,1H3,(H2,29,32);1-2H3/b20-10+;18-11+;. The number of alkyl halides is 13. The smallest absolute Gasteiger partial charge is 0.366 e. The zero-order chi connectivity index (χ0) is 56.9. The molecule has 1 aliphatic rings. The van der Waals surface area contributed by atoms with E-state index in [1.165, 1.54) is 60.7 Å². The average Bonchev–Trinajstić information content (AvgIpc) is 3.33. The van der Waals surface area contributed by atoms with Crippen LogP contribution < -0.4 is 11.5 Å². The molecular formula is C48H38F13N7O6S2. The summed E-state index contributed by atoms with van der Waals surface area (Å²) >= 11 is 0. The zero-order valence-corrected chi connectivity index (χ0v) is 40.7. The number of halogens is 13. The molecule has 1 saturated heterocycles. The fourth-order valence-corrected chi connectivity index (χ4v) is 8.79. The van der Waals surface area contributed by atoms with E-state index in [9.17, 15) is 83.5 Å². The van der Waals surface area contributed by atoms with E-state index in [0.29, 0.717) is 24.3 Å². The van der Waals surface area contributed by atoms with Gasteiger partial charge in [-0.3, -0.25) is 9.59 Å². The predicted molar refractivity (Wildman–Crippen MR) is 250 cm³/mol. The lowest BCUT2D eigenvalue weighted by atomic mass is 10.0. The molecule has 0 bridgehead atoms. The molecule has 1 aliphatic heterocycles. The first kappa shape index (κ1) is 59.3. The lowest BCUT2D eigenvalue weighted by Gasteiger charge is -2.33. The van der Waals surface area contributed by atoms with Crippen LogP contribution in [0.5, 0.6) is 0 Å². The quantitative estimate of drug-likeness (QED) is 0.0926. The van der Waals surface area contributed by atoms with E-state index in [2.05, 4.69) is 19.9 Å². The van der Waals surface area contributed by atoms with Crippen molar-refractivity contribution in [2.24, 2.45) is 11.5 Å². The number of carbonyl (C=O) groups excluding carboxylic acids is 2. The second-order valence-corrected chi connectivity index (χ2v) is 19.7. The van der Waals surface area contributed by atoms with Crippen LogP contribution in [0.25, 0.3) is 46.1 Å². The number of nitrogens with two attached hydrogens (primary N) is 2. The van der Waals surface area contributed by atoms with Crippen molar-refractivity contribution < 1.29 is 83.5 Å². The third kappa shape index (κ3) is 14.8. The van der Waals surface area contributed by atoms with E-state index in [1.807, 2.05) is 13.8 Å². The summed E-state index contributed by atoms with van der Waals surface area (Å²) in [5, 5.41) is 0. The minimum Gasteiger partial charge on any atom is -0.366 e. The summed E-state index contributed by atoms with van der Waals surface area (Å²) in [5.41, 5.74) is 3.51. The van der Waals surface area contributed by atoms with Gasteiger partial charge in [-0.15, -0.1) is 0 Å². The number of primary amides is 2. The van der Waals surface area contributed by atoms with Gasteiger partial charge in [0.1, 0.15) is 6.17 Å². The highest BCUT2D eigenvalue weighted by Crippen LogP contribution is 2.40. The van der Waals surface area contributed by atoms with Crippen LogP contribution in [0.4, 0.5) is 57.1 Å². The van der Waals surface area contributed by atoms with Gasteiger partial charge in [-0.2, -0.15) is 57.0 Å². The molecular weight excluding hydrogens is 1080 g/mol. The number of rotatable bonds is 11. The van der Waals surface area contributed by atoms with Gasteiger partial charge in [-0.1, -0.05) is 38.1 Å². The highest BCUT2D eigenvalue weighted by molar-refractivity contribution is 7.90. The summed E-state index contributed by atoms with van der Waals surface area (Å²) in [4.78, 5) is 39.4. The van der Waals surface area contributed by atoms with Gasteiger partial charge in [-0.05, 0) is 96.1 Å². The maximum atomic E-state index is 13.2. The highest BCUT2D eigenvalue weighted by Gasteiger charge is 2.39. The fourth-order valence-electron chi connectivity index (χ4n) is 6.66. The fraction of sp³-hybridized carbons (Fsp3) is 0.208. The SMILES string of the molecule is CC.CS(=O)(=O)c1ccc(/C(=C\c2ccnc(-c3cc(C(F)(F)F)cc(C(F)(F)F)c3)n2)C(N)=O)cc1.NC(=O)/C(=C/c1ccnc(-c2cc(C(F)(F)F)cc(C(F)(F)F)c2)n1)c1ccc(S(=O)(=O)N2CC(F)C2)cc1. The van der Waals surface area contributed by atoms with E-state index in [-0.39, 0.29) is 68.7 Å². The van der Waals surface area contributed by atoms with E-state index >= 15 is 0 Å². The molecule has 28 heteroatoms. The van der Waals surface area contributed by atoms with E-state index < -0.39 is 108 Å². The lowest BCUT2D eigenvalue weighted by molar-refractivity contribution is -0.144. The van der Waals surface area contributed by atoms with Crippen LogP contribution >= 0.6 is 0 Å². The Hall–Kier alpha value is -7.59. The largest absolute Gasteiger partial charge is 0.416 e. The molecule has 0 radical (unpaired) electrons. The van der Waals surface area contributed by atoms with Crippen molar-refractivity contribution in [3.63, 3.8) is 0 Å². The van der Waals surface area contributed by atoms with Gasteiger partial charge in [0.2, 0.25) is 21.8 Å². The molecule has 13 nitrogen and oxygen atoms in total. The van der Waals surface area contributed by atoms with Crippen molar-refractivity contribution in [1.82, 2.24) is 24.2 Å². The molecule has 6 aromatic rings. The van der Waals surface area contributed by atoms with Gasteiger partial charge in [0, 0.05) is 54.0 Å². The van der Waals surface area contributed by atoms with E-state index in [0.717, 1.165) is 35.1 Å². The van der Waals surface area contributed by atoms with Gasteiger partial charge in [-0.25, -0.2) is 41.2 Å². The maximum Gasteiger partial charge on any atom is 0.416 e. The topological polar surface area (TPSA) is 209 Å². The number of aromatic nitrogens is 4. The molecule has 3 heterocycles. The highest BCUT2D eigenvalue weighted by atomic mass is 32.2. The average molecular weight is 1120 g/mol. The minimum atomic E-state index is -5.07. The predicted octanol–water partition coefficient (Wildman–Crippen LogP) is 10.2. The number of carbonyl (C=O) groups is 2. The second kappa shape index (κ2) is 22.7. The molecule has 2 amide bonds. The number of sulfonamides is 1. The molecule has 4 aromatic carbocycles. The Morgan fingerprint density at radius 3 is 1.13 bits per heavy atom. The van der Waals surface area contributed by atoms with Gasteiger partial charge in [0.25, 0.3) is 0 Å². The number of benzene rings is 4. The summed E-state index contributed by atoms with van der Waals surface area (Å²) < 4.78 is 221. The molecule has 404 valence electrons. The Balaban J connectivity index is 0.000000273. The number of hydrogen-bond donors (Lipinski definition) is 2. The molecule has 76 heavy (non-hydrogen) atoms. The number of amides is 2. The van der Waals surface area contributed by atoms with Gasteiger partial charge < -0.3 is 11.5 Å². The summed E-state index contributed by atoms with van der Waals surface area (Å²) in [6.45, 7) is 3.45. The van der Waals surface area contributed by atoms with E-state index in [4.69, 9.17) is 11.5 Å². The first-order valence-electron chi connectivity index (χ1n) is 21.4. The van der Waals surface area contributed by atoms with Crippen molar-refractivity contribution in [3.8, 4) is 22.8 Å². The second-order valence-electron chi connectivity index (χ2n) is 15.8. The van der Waals surface area contributed by atoms with Gasteiger partial charge >= 0.3 is 24.7 Å². The third-order valence-corrected chi connectivity index (χ3v) is 13.3. The van der Waals surface area contributed by atoms with Crippen LogP contribution in [0.15, 0.2) is 119 Å². The molecule has 0 atom stereocenters. The van der Waals surface area contributed by atoms with Crippen LogP contribution in [0.1, 0.15) is 58.6 Å². The summed E-state index contributed by atoms with van der Waals surface area (Å²) in [7, 11) is -7.45. The third-order valence-electron chi connectivity index (χ3n) is 10.4. The molecule has 4 N–H and O–H groups in total. The number of hydrogen-bond acceptors (Lipinski definition) is 10. The number of sulfone groups is 1. The summed E-state index contributed by atoms with van der Waals surface area (Å²) in [6.07, 6.45) is -16.1. The molecule has 0 aliphatic carbocycles. The van der Waals surface area contributed by atoms with Crippen molar-refractivity contribution >= 4 is 55.0 Å². The molecule has 0 unspecified atom stereocenters. The molecule has 0 saturated carbocycles. The summed E-state index contributed by atoms with van der Waals surface area (Å²) in [5.74, 6) is -2.85. The molecule has 1 fully saturated rings. The van der Waals surface area contributed by atoms with Crippen LogP contribution in [0.2, 0.25) is 0 Å². The van der Waals surface area contributed by atoms with Crippen LogP contribution in [0.3, 0.4) is 0 Å². The monoisotopic (exact) mass is 1120 g/mol. The van der Waals surface area contributed by atoms with Crippen molar-refractivity contribution in [3.05, 3.63) is 154 Å². The molecule has 7 rings (SSSR count). The van der Waals surface area contributed by atoms with Crippen molar-refractivity contribution in [1.29, 1.82) is 0 Å². The number of nitrogens with zero attached hydrogens (tertiary/aromatic N) is 5. The Morgan fingerprint density at radius 2 is 0.855 bits per heavy atom. The minimum absolute atomic E-state index is 0.0144. The van der Waals surface area contributed by atoms with E-state index in [1.54, 1.807) is 0 Å². The Kier molecular flexibility index (Phi) is 17.7.